The number of amides is 1. The third-order valence-corrected chi connectivity index (χ3v) is 5.89. The minimum absolute atomic E-state index is 0.121. The predicted octanol–water partition coefficient (Wildman–Crippen LogP) is 4.11. The number of hydrogen-bond donors (Lipinski definition) is 0. The zero-order valence-corrected chi connectivity index (χ0v) is 16.6. The Morgan fingerprint density at radius 2 is 1.74 bits per heavy atom. The highest BCUT2D eigenvalue weighted by Crippen LogP contribution is 2.38. The van der Waals surface area contributed by atoms with Crippen LogP contribution in [0.3, 0.4) is 0 Å². The minimum atomic E-state index is 0.121. The molecule has 142 valence electrons. The molecular formula is C23H29N3O. The Labute approximate surface area is 162 Å². The van der Waals surface area contributed by atoms with Gasteiger partial charge in [0.1, 0.15) is 0 Å². The number of rotatable bonds is 4. The Morgan fingerprint density at radius 3 is 2.41 bits per heavy atom. The molecule has 0 spiro atoms. The van der Waals surface area contributed by atoms with Gasteiger partial charge in [0.25, 0.3) is 0 Å². The summed E-state index contributed by atoms with van der Waals surface area (Å²) in [4.78, 5) is 17.0. The summed E-state index contributed by atoms with van der Waals surface area (Å²) in [5, 5.41) is 0. The van der Waals surface area contributed by atoms with Crippen LogP contribution in [0.5, 0.6) is 0 Å². The summed E-state index contributed by atoms with van der Waals surface area (Å²) in [6.07, 6.45) is 6.31. The number of anilines is 1. The summed E-state index contributed by atoms with van der Waals surface area (Å²) in [5.41, 5.74) is 6.33. The van der Waals surface area contributed by atoms with Gasteiger partial charge in [0.05, 0.1) is 0 Å². The van der Waals surface area contributed by atoms with Crippen LogP contribution >= 0.6 is 0 Å². The van der Waals surface area contributed by atoms with Gasteiger partial charge in [-0.25, -0.2) is 0 Å². The second-order valence-corrected chi connectivity index (χ2v) is 7.86. The molecule has 0 bridgehead atoms. The van der Waals surface area contributed by atoms with E-state index >= 15 is 0 Å². The lowest BCUT2D eigenvalue weighted by Gasteiger charge is -2.36. The quantitative estimate of drug-likeness (QED) is 0.765. The Balaban J connectivity index is 1.38. The first-order valence-electron chi connectivity index (χ1n) is 10.0. The number of piperazine rings is 1. The fourth-order valence-electron chi connectivity index (χ4n) is 4.22. The average Bonchev–Trinajstić information content (AvgIpc) is 3.46. The van der Waals surface area contributed by atoms with E-state index in [1.807, 2.05) is 11.0 Å². The third kappa shape index (κ3) is 3.66. The highest BCUT2D eigenvalue weighted by molar-refractivity contribution is 5.92. The molecule has 0 radical (unpaired) electrons. The first-order valence-corrected chi connectivity index (χ1v) is 10.0. The van der Waals surface area contributed by atoms with Crippen LogP contribution in [0.25, 0.3) is 6.08 Å². The Morgan fingerprint density at radius 1 is 1.04 bits per heavy atom. The van der Waals surface area contributed by atoms with Gasteiger partial charge in [-0.05, 0) is 62.9 Å². The molecule has 2 aromatic rings. The number of aryl methyl sites for hydroxylation is 2. The van der Waals surface area contributed by atoms with Crippen molar-refractivity contribution >= 4 is 17.7 Å². The van der Waals surface area contributed by atoms with E-state index < -0.39 is 0 Å². The van der Waals surface area contributed by atoms with Crippen LogP contribution in [0, 0.1) is 20.8 Å². The fourth-order valence-corrected chi connectivity index (χ4v) is 4.22. The Kier molecular flexibility index (Phi) is 4.81. The van der Waals surface area contributed by atoms with Crippen molar-refractivity contribution in [3.63, 3.8) is 0 Å². The van der Waals surface area contributed by atoms with Crippen molar-refractivity contribution in [2.75, 3.05) is 31.1 Å². The Bertz CT molecular complexity index is 868. The smallest absolute Gasteiger partial charge is 0.246 e. The highest BCUT2D eigenvalue weighted by atomic mass is 16.2. The molecule has 4 rings (SSSR count). The van der Waals surface area contributed by atoms with E-state index in [1.165, 1.54) is 41.0 Å². The van der Waals surface area contributed by atoms with Crippen LogP contribution in [-0.2, 0) is 4.79 Å². The molecule has 1 saturated heterocycles. The van der Waals surface area contributed by atoms with Gasteiger partial charge in [-0.3, -0.25) is 4.79 Å². The third-order valence-electron chi connectivity index (χ3n) is 5.89. The maximum atomic E-state index is 12.6. The normalized spacial score (nSPS) is 17.7. The molecule has 1 aromatic heterocycles. The molecule has 1 aliphatic carbocycles. The molecule has 0 atom stereocenters. The first-order chi connectivity index (χ1) is 13.0. The van der Waals surface area contributed by atoms with Gasteiger partial charge in [0.2, 0.25) is 5.91 Å². The topological polar surface area (TPSA) is 28.5 Å². The molecule has 1 amide bonds. The highest BCUT2D eigenvalue weighted by Gasteiger charge is 2.26. The van der Waals surface area contributed by atoms with Crippen molar-refractivity contribution in [1.82, 2.24) is 9.47 Å². The van der Waals surface area contributed by atoms with Gasteiger partial charge in [0, 0.05) is 55.4 Å². The summed E-state index contributed by atoms with van der Waals surface area (Å²) in [6, 6.07) is 11.4. The van der Waals surface area contributed by atoms with Crippen LogP contribution in [-0.4, -0.2) is 41.6 Å². The second-order valence-electron chi connectivity index (χ2n) is 7.86. The first kappa shape index (κ1) is 17.9. The molecule has 0 unspecified atom stereocenters. The molecule has 2 heterocycles. The monoisotopic (exact) mass is 363 g/mol. The van der Waals surface area contributed by atoms with E-state index in [9.17, 15) is 4.79 Å². The summed E-state index contributed by atoms with van der Waals surface area (Å²) in [5.74, 6) is 0.121. The van der Waals surface area contributed by atoms with Crippen LogP contribution in [0.4, 0.5) is 5.69 Å². The van der Waals surface area contributed by atoms with Crippen LogP contribution in [0.15, 0.2) is 36.4 Å². The lowest BCUT2D eigenvalue weighted by atomic mass is 10.1. The molecule has 1 aromatic carbocycles. The van der Waals surface area contributed by atoms with Gasteiger partial charge in [-0.1, -0.05) is 18.2 Å². The average molecular weight is 364 g/mol. The predicted molar refractivity (Wildman–Crippen MR) is 111 cm³/mol. The van der Waals surface area contributed by atoms with E-state index in [4.69, 9.17) is 0 Å². The molecule has 1 saturated carbocycles. The van der Waals surface area contributed by atoms with Gasteiger partial charge in [0.15, 0.2) is 0 Å². The maximum Gasteiger partial charge on any atom is 0.246 e. The minimum Gasteiger partial charge on any atom is -0.368 e. The summed E-state index contributed by atoms with van der Waals surface area (Å²) in [6.45, 7) is 9.80. The second kappa shape index (κ2) is 7.26. The van der Waals surface area contributed by atoms with Crippen molar-refractivity contribution in [2.45, 2.75) is 39.7 Å². The maximum absolute atomic E-state index is 12.6. The molecule has 4 nitrogen and oxygen atoms in total. The van der Waals surface area contributed by atoms with E-state index in [0.29, 0.717) is 6.04 Å². The number of benzene rings is 1. The van der Waals surface area contributed by atoms with Gasteiger partial charge >= 0.3 is 0 Å². The van der Waals surface area contributed by atoms with Gasteiger partial charge < -0.3 is 14.4 Å². The number of aromatic nitrogens is 1. The van der Waals surface area contributed by atoms with Crippen molar-refractivity contribution in [3.8, 4) is 0 Å². The molecule has 0 N–H and O–H groups in total. The zero-order chi connectivity index (χ0) is 19.0. The Hall–Kier alpha value is -2.49. The number of nitrogens with zero attached hydrogens (tertiary/aromatic N) is 3. The summed E-state index contributed by atoms with van der Waals surface area (Å²) in [7, 11) is 0. The number of para-hydroxylation sites is 1. The van der Waals surface area contributed by atoms with Crippen LogP contribution in [0.2, 0.25) is 0 Å². The van der Waals surface area contributed by atoms with Crippen LogP contribution in [0.1, 0.15) is 41.4 Å². The lowest BCUT2D eigenvalue weighted by Crippen LogP contribution is -2.48. The number of carbonyl (C=O) groups excluding carboxylic acids is 1. The number of carbonyl (C=O) groups is 1. The standard InChI is InChI=1S/C23H29N3O/c1-17-6-4-5-7-22(17)24-12-14-25(15-13-24)23(27)11-8-20-16-18(2)26(19(20)3)21-9-10-21/h4-8,11,16,21H,9-10,12-15H2,1-3H3. The SMILES string of the molecule is Cc1ccccc1N1CCN(C(=O)C=Cc2cc(C)n(C3CC3)c2C)CC1. The van der Waals surface area contributed by atoms with Crippen molar-refractivity contribution < 1.29 is 4.79 Å². The van der Waals surface area contributed by atoms with E-state index in [-0.39, 0.29) is 5.91 Å². The van der Waals surface area contributed by atoms with E-state index in [2.05, 4.69) is 60.6 Å². The summed E-state index contributed by atoms with van der Waals surface area (Å²) >= 11 is 0. The number of hydrogen-bond acceptors (Lipinski definition) is 2. The molecule has 2 aliphatic rings. The molecule has 1 aliphatic heterocycles. The fraction of sp³-hybridized carbons (Fsp3) is 0.435. The van der Waals surface area contributed by atoms with Crippen molar-refractivity contribution in [1.29, 1.82) is 0 Å². The van der Waals surface area contributed by atoms with Crippen LogP contribution < -0.4 is 4.90 Å². The van der Waals surface area contributed by atoms with E-state index in [0.717, 1.165) is 26.2 Å². The van der Waals surface area contributed by atoms with Gasteiger partial charge in [-0.2, -0.15) is 0 Å². The molecule has 27 heavy (non-hydrogen) atoms. The largest absolute Gasteiger partial charge is 0.368 e. The molecule has 2 fully saturated rings. The molecule has 4 heteroatoms. The van der Waals surface area contributed by atoms with Crippen molar-refractivity contribution in [3.05, 3.63) is 58.9 Å². The summed E-state index contributed by atoms with van der Waals surface area (Å²) < 4.78 is 2.42. The van der Waals surface area contributed by atoms with E-state index in [1.54, 1.807) is 6.08 Å². The lowest BCUT2D eigenvalue weighted by molar-refractivity contribution is -0.126. The van der Waals surface area contributed by atoms with Crippen molar-refractivity contribution in [2.24, 2.45) is 0 Å². The molecular weight excluding hydrogens is 334 g/mol. The zero-order valence-electron chi connectivity index (χ0n) is 16.6. The van der Waals surface area contributed by atoms with Gasteiger partial charge in [-0.15, -0.1) is 0 Å².